The Kier molecular flexibility index (Phi) is 18.3. The molecule has 0 atom stereocenters. The second-order valence-corrected chi connectivity index (χ2v) is 35.4. The van der Waals surface area contributed by atoms with Gasteiger partial charge in [0.1, 0.15) is 0 Å². The Morgan fingerprint density at radius 3 is 0.741 bits per heavy atom. The second kappa shape index (κ2) is 30.0. The van der Waals surface area contributed by atoms with E-state index in [4.69, 9.17) is 9.97 Å². The highest BCUT2D eigenvalue weighted by molar-refractivity contribution is 7.28. The molecule has 0 aliphatic heterocycles. The Bertz CT molecular complexity index is 7280. The molecule has 0 fully saturated rings. The van der Waals surface area contributed by atoms with Crippen molar-refractivity contribution in [3.8, 4) is 101 Å². The molecule has 0 bridgehead atoms. The van der Waals surface area contributed by atoms with Gasteiger partial charge in [-0.2, -0.15) is 0 Å². The highest BCUT2D eigenvalue weighted by Gasteiger charge is 2.25. The van der Waals surface area contributed by atoms with Gasteiger partial charge in [-0.3, -0.25) is 0 Å². The summed E-state index contributed by atoms with van der Waals surface area (Å²) in [6.07, 6.45) is 0. The van der Waals surface area contributed by atoms with Crippen molar-refractivity contribution in [1.29, 1.82) is 0 Å². The maximum atomic E-state index is 4.97. The van der Waals surface area contributed by atoms with Gasteiger partial charge in [0.25, 0.3) is 0 Å². The zero-order chi connectivity index (χ0) is 77.2. The fourth-order valence-electron chi connectivity index (χ4n) is 16.8. The molecule has 116 heavy (non-hydrogen) atoms. The first-order valence-electron chi connectivity index (χ1n) is 39.3. The van der Waals surface area contributed by atoms with E-state index in [1.54, 1.807) is 0 Å². The van der Waals surface area contributed by atoms with E-state index in [0.29, 0.717) is 0 Å². The molecule has 6 heterocycles. The largest absolute Gasteiger partial charge is 0.228 e. The van der Waals surface area contributed by atoms with E-state index in [2.05, 4.69) is 378 Å². The SMILES string of the molecule is CC(C)(c1ccc(-c2cccc3c2sc2ccccc23)cc1)c1ccc(-c2cccc3c2sc2ccccc23)cc1.c1cc(-c2cccc(-c3cccc4c3sc3ccccc34)c2)cc(-c2cccc3c2sc2ccccc23)c1.c1ccc(-c2cc(-c3ccc(-c4cccc5c4sc4ccccc45)cc3)nc(-c3ccccc3)n2)cc1. The number of hydrogen-bond acceptors (Lipinski definition) is 7. The first-order chi connectivity index (χ1) is 57.2. The monoisotopic (exact) mass is 1570 g/mol. The Balaban J connectivity index is 0.000000109. The predicted octanol–water partition coefficient (Wildman–Crippen LogP) is 33.0. The van der Waals surface area contributed by atoms with Gasteiger partial charge in [-0.25, -0.2) is 9.97 Å². The van der Waals surface area contributed by atoms with Gasteiger partial charge < -0.3 is 0 Å². The highest BCUT2D eigenvalue weighted by Crippen LogP contribution is 2.48. The summed E-state index contributed by atoms with van der Waals surface area (Å²) >= 11 is 9.42. The Morgan fingerprint density at radius 2 is 0.414 bits per heavy atom. The topological polar surface area (TPSA) is 25.8 Å². The van der Waals surface area contributed by atoms with Crippen LogP contribution in [0.3, 0.4) is 0 Å². The van der Waals surface area contributed by atoms with Crippen molar-refractivity contribution in [3.63, 3.8) is 0 Å². The van der Waals surface area contributed by atoms with Crippen molar-refractivity contribution in [3.05, 3.63) is 412 Å². The maximum absolute atomic E-state index is 4.97. The van der Waals surface area contributed by atoms with Crippen LogP contribution in [0.15, 0.2) is 400 Å². The third-order valence-electron chi connectivity index (χ3n) is 22.9. The first-order valence-corrected chi connectivity index (χ1v) is 43.4. The fourth-order valence-corrected chi connectivity index (χ4v) is 23.0. The molecule has 6 aromatic heterocycles. The first kappa shape index (κ1) is 70.8. The summed E-state index contributed by atoms with van der Waals surface area (Å²) in [6, 6.07) is 145. The van der Waals surface area contributed by atoms with Crippen LogP contribution in [0.25, 0.3) is 202 Å². The summed E-state index contributed by atoms with van der Waals surface area (Å²) in [4.78, 5) is 9.88. The molecule has 0 saturated carbocycles. The van der Waals surface area contributed by atoms with Crippen LogP contribution in [0.2, 0.25) is 0 Å². The van der Waals surface area contributed by atoms with Crippen LogP contribution in [0.5, 0.6) is 0 Å². The van der Waals surface area contributed by atoms with E-state index in [1.165, 1.54) is 179 Å². The van der Waals surface area contributed by atoms with Crippen LogP contribution >= 0.6 is 56.7 Å². The van der Waals surface area contributed by atoms with Gasteiger partial charge >= 0.3 is 0 Å². The van der Waals surface area contributed by atoms with Gasteiger partial charge in [0.2, 0.25) is 0 Å². The van der Waals surface area contributed by atoms with Crippen molar-refractivity contribution in [2.24, 2.45) is 0 Å². The standard InChI is InChI=1S/C39H28S2.C36H22S2.C34H22N2S/c1-39(2,27-21-17-25(18-22-27)29-11-7-13-33-31-9-3-5-15-35(31)40-37(29)33)28-23-19-26(20-24-28)30-12-8-14-34-32-10-4-6-16-36(32)41-38(30)34;1-3-19-33-29(13-1)31-17-7-15-27(35(31)37-33)25-11-5-9-23(21-25)24-10-6-12-26(22-24)28-16-8-18-32-30-14-2-4-20-34(30)38-36(28)32;1-3-10-24(11-4-1)30-22-31(36-34(35-30)26-12-5-2-6-13-26)25-20-18-23(19-21-25)27-15-9-16-29-28-14-7-8-17-32(28)37-33(27)29/h3-24H,1-2H3;1-22H;1-22H. The molecule has 0 saturated heterocycles. The molecule has 2 nitrogen and oxygen atoms in total. The van der Waals surface area contributed by atoms with E-state index in [1.807, 2.05) is 93.1 Å². The van der Waals surface area contributed by atoms with Crippen molar-refractivity contribution >= 4 is 158 Å². The number of rotatable bonds is 11. The fraction of sp³-hybridized carbons (Fsp3) is 0.0275. The summed E-state index contributed by atoms with van der Waals surface area (Å²) < 4.78 is 13.5. The van der Waals surface area contributed by atoms with Crippen molar-refractivity contribution in [2.75, 3.05) is 0 Å². The van der Waals surface area contributed by atoms with Gasteiger partial charge in [0.15, 0.2) is 5.82 Å². The number of thiophene rings is 5. The minimum absolute atomic E-state index is 0.107. The van der Waals surface area contributed by atoms with Crippen molar-refractivity contribution < 1.29 is 0 Å². The van der Waals surface area contributed by atoms with E-state index in [-0.39, 0.29) is 5.41 Å². The number of aromatic nitrogens is 2. The molecule has 0 spiro atoms. The smallest absolute Gasteiger partial charge is 0.160 e. The molecule has 23 rings (SSSR count). The van der Waals surface area contributed by atoms with E-state index >= 15 is 0 Å². The average molecular weight is 1570 g/mol. The third-order valence-corrected chi connectivity index (χ3v) is 29.0. The molecule has 0 aliphatic rings. The van der Waals surface area contributed by atoms with Crippen LogP contribution in [0.4, 0.5) is 0 Å². The number of hydrogen-bond donors (Lipinski definition) is 0. The summed E-state index contributed by atoms with van der Waals surface area (Å²) in [5, 5.41) is 13.4. The van der Waals surface area contributed by atoms with Crippen LogP contribution in [0, 0.1) is 0 Å². The molecule has 548 valence electrons. The molecule has 0 unspecified atom stereocenters. The normalized spacial score (nSPS) is 11.7. The lowest BCUT2D eigenvalue weighted by Crippen LogP contribution is -2.18. The van der Waals surface area contributed by atoms with Gasteiger partial charge in [-0.1, -0.05) is 366 Å². The van der Waals surface area contributed by atoms with E-state index in [9.17, 15) is 0 Å². The van der Waals surface area contributed by atoms with Gasteiger partial charge in [0, 0.05) is 123 Å². The lowest BCUT2D eigenvalue weighted by Gasteiger charge is -2.26. The van der Waals surface area contributed by atoms with Crippen molar-refractivity contribution in [2.45, 2.75) is 19.3 Å². The minimum atomic E-state index is -0.107. The second-order valence-electron chi connectivity index (χ2n) is 30.1. The summed E-state index contributed by atoms with van der Waals surface area (Å²) in [6.45, 7) is 4.66. The van der Waals surface area contributed by atoms with Crippen LogP contribution in [-0.4, -0.2) is 9.97 Å². The number of fused-ring (bicyclic) bond motifs is 15. The Morgan fingerprint density at radius 1 is 0.181 bits per heavy atom. The third kappa shape index (κ3) is 13.0. The zero-order valence-corrected chi connectivity index (χ0v) is 67.6. The average Bonchev–Trinajstić information content (AvgIpc) is 1.61. The maximum Gasteiger partial charge on any atom is 0.160 e. The van der Waals surface area contributed by atoms with Crippen LogP contribution in [-0.2, 0) is 5.41 Å². The zero-order valence-electron chi connectivity index (χ0n) is 63.5. The Hall–Kier alpha value is -13.1. The van der Waals surface area contributed by atoms with E-state index < -0.39 is 0 Å². The minimum Gasteiger partial charge on any atom is -0.228 e. The predicted molar refractivity (Wildman–Crippen MR) is 507 cm³/mol. The highest BCUT2D eigenvalue weighted by atomic mass is 32.1. The molecular formula is C109H72N2S5. The molecule has 0 amide bonds. The quantitative estimate of drug-likeness (QED) is 0.129. The Labute approximate surface area is 693 Å². The summed E-state index contributed by atoms with van der Waals surface area (Å²) in [5.41, 5.74) is 22.8. The molecule has 0 aliphatic carbocycles. The molecule has 23 aromatic rings. The molecular weight excluding hydrogens is 1500 g/mol. The molecule has 7 heteroatoms. The molecule has 0 radical (unpaired) electrons. The molecule has 17 aromatic carbocycles. The molecule has 0 N–H and O–H groups in total. The number of nitrogens with zero attached hydrogens (tertiary/aromatic N) is 2. The number of benzene rings is 17. The van der Waals surface area contributed by atoms with Crippen molar-refractivity contribution in [1.82, 2.24) is 9.97 Å². The van der Waals surface area contributed by atoms with Crippen LogP contribution in [0.1, 0.15) is 25.0 Å². The summed E-state index contributed by atoms with van der Waals surface area (Å²) in [7, 11) is 0. The van der Waals surface area contributed by atoms with E-state index in [0.717, 1.165) is 33.9 Å². The van der Waals surface area contributed by atoms with Gasteiger partial charge in [-0.15, -0.1) is 56.7 Å². The lowest BCUT2D eigenvalue weighted by atomic mass is 9.77. The van der Waals surface area contributed by atoms with Crippen LogP contribution < -0.4 is 0 Å². The van der Waals surface area contributed by atoms with Gasteiger partial charge in [0.05, 0.1) is 11.4 Å². The lowest BCUT2D eigenvalue weighted by molar-refractivity contribution is 0.641. The van der Waals surface area contributed by atoms with Gasteiger partial charge in [-0.05, 0) is 126 Å². The summed E-state index contributed by atoms with van der Waals surface area (Å²) in [5.74, 6) is 0.732.